The molecular formula is C28H30N6O3. The Morgan fingerprint density at radius 1 is 1.00 bits per heavy atom. The maximum atomic E-state index is 13.1. The third-order valence-corrected chi connectivity index (χ3v) is 6.23. The maximum Gasteiger partial charge on any atom is 0.224 e. The van der Waals surface area contributed by atoms with E-state index in [0.29, 0.717) is 36.2 Å². The van der Waals surface area contributed by atoms with Gasteiger partial charge in [-0.1, -0.05) is 30.3 Å². The molecule has 0 unspecified atom stereocenters. The van der Waals surface area contributed by atoms with E-state index in [1.165, 1.54) is 7.05 Å². The molecular weight excluding hydrogens is 468 g/mol. The van der Waals surface area contributed by atoms with Gasteiger partial charge in [-0.15, -0.1) is 0 Å². The topological polar surface area (TPSA) is 132 Å². The van der Waals surface area contributed by atoms with Crippen molar-refractivity contribution in [2.45, 2.75) is 32.7 Å². The Kier molecular flexibility index (Phi) is 7.92. The van der Waals surface area contributed by atoms with Gasteiger partial charge in [-0.2, -0.15) is 0 Å². The van der Waals surface area contributed by atoms with Crippen molar-refractivity contribution in [2.75, 3.05) is 19.3 Å². The molecule has 0 atom stereocenters. The van der Waals surface area contributed by atoms with Crippen molar-refractivity contribution in [3.05, 3.63) is 87.8 Å². The van der Waals surface area contributed by atoms with Gasteiger partial charge in [0.2, 0.25) is 11.8 Å². The van der Waals surface area contributed by atoms with Crippen LogP contribution in [0.25, 0.3) is 22.3 Å². The molecule has 0 bridgehead atoms. The van der Waals surface area contributed by atoms with Crippen molar-refractivity contribution in [1.29, 1.82) is 0 Å². The summed E-state index contributed by atoms with van der Waals surface area (Å²) < 4.78 is 1.75. The number of nitrogens with zero attached hydrogens (tertiary/aromatic N) is 3. The Hall–Kier alpha value is -4.53. The number of fused-ring (bicyclic) bond motifs is 1. The zero-order chi connectivity index (χ0) is 26.4. The molecule has 2 amide bonds. The summed E-state index contributed by atoms with van der Waals surface area (Å²) in [5.74, 6) is -0.0856. The van der Waals surface area contributed by atoms with E-state index < -0.39 is 0 Å². The van der Waals surface area contributed by atoms with E-state index in [1.54, 1.807) is 22.9 Å². The van der Waals surface area contributed by atoms with Gasteiger partial charge in [-0.25, -0.2) is 4.98 Å². The predicted molar refractivity (Wildman–Crippen MR) is 144 cm³/mol. The van der Waals surface area contributed by atoms with Crippen LogP contribution in [0.4, 0.5) is 5.82 Å². The van der Waals surface area contributed by atoms with Gasteiger partial charge in [-0.3, -0.25) is 19.4 Å². The molecule has 4 rings (SSSR count). The number of nitrogens with two attached hydrogens (primary N) is 1. The average molecular weight is 499 g/mol. The van der Waals surface area contributed by atoms with Crippen LogP contribution in [-0.2, 0) is 35.4 Å². The molecule has 37 heavy (non-hydrogen) atoms. The molecule has 0 radical (unpaired) electrons. The number of hydrogen-bond acceptors (Lipinski definition) is 6. The molecule has 0 aliphatic carbocycles. The van der Waals surface area contributed by atoms with E-state index >= 15 is 0 Å². The van der Waals surface area contributed by atoms with Crippen molar-refractivity contribution in [1.82, 2.24) is 25.2 Å². The third-order valence-electron chi connectivity index (χ3n) is 6.23. The first-order valence-electron chi connectivity index (χ1n) is 12.2. The Labute approximate surface area is 214 Å². The number of benzene rings is 1. The van der Waals surface area contributed by atoms with Crippen molar-refractivity contribution >= 4 is 28.7 Å². The van der Waals surface area contributed by atoms with E-state index in [0.717, 1.165) is 16.8 Å². The fourth-order valence-electron chi connectivity index (χ4n) is 4.21. The first-order chi connectivity index (χ1) is 17.9. The first-order valence-corrected chi connectivity index (χ1v) is 12.2. The summed E-state index contributed by atoms with van der Waals surface area (Å²) in [6.07, 6.45) is 2.61. The summed E-state index contributed by atoms with van der Waals surface area (Å²) in [5.41, 5.74) is 10.1. The van der Waals surface area contributed by atoms with E-state index in [2.05, 4.69) is 15.6 Å². The van der Waals surface area contributed by atoms with E-state index in [9.17, 15) is 14.4 Å². The van der Waals surface area contributed by atoms with Crippen LogP contribution in [0.2, 0.25) is 0 Å². The molecule has 4 aromatic rings. The number of rotatable bonds is 9. The number of pyridine rings is 3. The lowest BCUT2D eigenvalue weighted by molar-refractivity contribution is -0.121. The Balaban J connectivity index is 1.50. The van der Waals surface area contributed by atoms with Gasteiger partial charge < -0.3 is 20.9 Å². The normalized spacial score (nSPS) is 10.9. The van der Waals surface area contributed by atoms with Gasteiger partial charge in [0, 0.05) is 49.6 Å². The fourth-order valence-corrected chi connectivity index (χ4v) is 4.21. The van der Waals surface area contributed by atoms with Crippen LogP contribution in [0.1, 0.15) is 23.7 Å². The molecule has 0 saturated carbocycles. The second-order valence-corrected chi connectivity index (χ2v) is 8.65. The zero-order valence-corrected chi connectivity index (χ0v) is 21.0. The molecule has 0 fully saturated rings. The molecule has 190 valence electrons. The van der Waals surface area contributed by atoms with Crippen LogP contribution in [0.3, 0.4) is 0 Å². The number of likely N-dealkylation sites (N-methyl/N-ethyl adjacent to an activating group) is 1. The molecule has 3 heterocycles. The molecule has 9 nitrogen and oxygen atoms in total. The number of carbonyl (C=O) groups excluding carboxylic acids is 2. The number of nitrogen functional groups attached to an aromatic ring is 1. The van der Waals surface area contributed by atoms with E-state index in [-0.39, 0.29) is 41.5 Å². The summed E-state index contributed by atoms with van der Waals surface area (Å²) in [5, 5.41) is 5.87. The lowest BCUT2D eigenvalue weighted by atomic mass is 10.0. The summed E-state index contributed by atoms with van der Waals surface area (Å²) in [4.78, 5) is 46.3. The van der Waals surface area contributed by atoms with Gasteiger partial charge in [0.05, 0.1) is 23.9 Å². The predicted octanol–water partition coefficient (Wildman–Crippen LogP) is 2.25. The van der Waals surface area contributed by atoms with E-state index in [4.69, 9.17) is 10.7 Å². The van der Waals surface area contributed by atoms with Crippen LogP contribution < -0.4 is 21.8 Å². The van der Waals surface area contributed by atoms with Crippen molar-refractivity contribution in [2.24, 2.45) is 0 Å². The quantitative estimate of drug-likeness (QED) is 0.324. The van der Waals surface area contributed by atoms with Crippen molar-refractivity contribution in [3.8, 4) is 11.3 Å². The minimum Gasteiger partial charge on any atom is -0.385 e. The maximum absolute atomic E-state index is 13.1. The highest BCUT2D eigenvalue weighted by molar-refractivity contribution is 5.85. The Morgan fingerprint density at radius 3 is 2.46 bits per heavy atom. The molecule has 9 heteroatoms. The van der Waals surface area contributed by atoms with Gasteiger partial charge in [0.15, 0.2) is 5.43 Å². The molecule has 0 spiro atoms. The van der Waals surface area contributed by atoms with Crippen LogP contribution >= 0.6 is 0 Å². The fraction of sp³-hybridized carbons (Fsp3) is 0.250. The van der Waals surface area contributed by atoms with Crippen LogP contribution in [0, 0.1) is 0 Å². The smallest absolute Gasteiger partial charge is 0.224 e. The highest BCUT2D eigenvalue weighted by Crippen LogP contribution is 2.23. The lowest BCUT2D eigenvalue weighted by Gasteiger charge is -2.16. The summed E-state index contributed by atoms with van der Waals surface area (Å²) >= 11 is 0. The monoisotopic (exact) mass is 498 g/mol. The molecule has 3 aromatic heterocycles. The third kappa shape index (κ3) is 5.83. The Morgan fingerprint density at radius 2 is 1.78 bits per heavy atom. The van der Waals surface area contributed by atoms with Gasteiger partial charge in [-0.05, 0) is 36.8 Å². The first kappa shape index (κ1) is 25.6. The van der Waals surface area contributed by atoms with Gasteiger partial charge in [0.1, 0.15) is 11.5 Å². The molecule has 4 N–H and O–H groups in total. The second kappa shape index (κ2) is 11.5. The van der Waals surface area contributed by atoms with Crippen LogP contribution in [0.15, 0.2) is 65.6 Å². The number of carbonyl (C=O) groups is 2. The minimum atomic E-state index is -0.288. The number of aryl methyl sites for hydroxylation is 1. The minimum absolute atomic E-state index is 0.0532. The number of hydrogen-bond donors (Lipinski definition) is 3. The van der Waals surface area contributed by atoms with Crippen molar-refractivity contribution in [3.63, 3.8) is 0 Å². The summed E-state index contributed by atoms with van der Waals surface area (Å²) in [6.45, 7) is 2.94. The number of aromatic nitrogens is 3. The molecule has 0 aliphatic heterocycles. The number of nitrogens with one attached hydrogen (secondary N) is 2. The molecule has 0 aliphatic rings. The van der Waals surface area contributed by atoms with Crippen molar-refractivity contribution < 1.29 is 9.59 Å². The lowest BCUT2D eigenvalue weighted by Crippen LogP contribution is -2.27. The van der Waals surface area contributed by atoms with Gasteiger partial charge in [0.25, 0.3) is 0 Å². The van der Waals surface area contributed by atoms with Gasteiger partial charge >= 0.3 is 0 Å². The second-order valence-electron chi connectivity index (χ2n) is 8.65. The molecule has 0 saturated heterocycles. The summed E-state index contributed by atoms with van der Waals surface area (Å²) in [7, 11) is 1.52. The SMILES string of the molecule is CCn1c(N)c(CC(=O)NC)c(=O)c2ccc(-c3ccc(CC(=O)NCCc4ccccn4)cc3)nc21. The van der Waals surface area contributed by atoms with Crippen LogP contribution in [-0.4, -0.2) is 39.9 Å². The zero-order valence-electron chi connectivity index (χ0n) is 21.0. The van der Waals surface area contributed by atoms with E-state index in [1.807, 2.05) is 49.4 Å². The highest BCUT2D eigenvalue weighted by atomic mass is 16.2. The standard InChI is InChI=1S/C28H30N6O3/c1-3-34-27(29)22(17-24(35)30-2)26(37)21-11-12-23(33-28(21)34)19-9-7-18(8-10-19)16-25(36)32-15-13-20-6-4-5-14-31-20/h4-12,14H,3,13,15-17,29H2,1-2H3,(H,30,35)(H,32,36). The number of anilines is 1. The highest BCUT2D eigenvalue weighted by Gasteiger charge is 2.18. The number of amides is 2. The molecule has 1 aromatic carbocycles. The Bertz CT molecular complexity index is 1480. The largest absolute Gasteiger partial charge is 0.385 e. The van der Waals surface area contributed by atoms with Crippen LogP contribution in [0.5, 0.6) is 0 Å². The summed E-state index contributed by atoms with van der Waals surface area (Å²) in [6, 6.07) is 16.8. The average Bonchev–Trinajstić information content (AvgIpc) is 2.92.